The van der Waals surface area contributed by atoms with Crippen LogP contribution in [0.15, 0.2) is 53.1 Å². The number of H-pyrrole nitrogens is 1. The predicted octanol–water partition coefficient (Wildman–Crippen LogP) is 3.52. The summed E-state index contributed by atoms with van der Waals surface area (Å²) >= 11 is 0. The van der Waals surface area contributed by atoms with E-state index in [4.69, 9.17) is 4.42 Å². The Balaban J connectivity index is 1.35. The lowest BCUT2D eigenvalue weighted by atomic mass is 10.1. The van der Waals surface area contributed by atoms with Crippen molar-refractivity contribution in [1.82, 2.24) is 15.3 Å². The Morgan fingerprint density at radius 2 is 2.12 bits per heavy atom. The number of aryl methyl sites for hydroxylation is 1. The van der Waals surface area contributed by atoms with E-state index in [1.54, 1.807) is 0 Å². The summed E-state index contributed by atoms with van der Waals surface area (Å²) in [6.45, 7) is 2.43. The van der Waals surface area contributed by atoms with E-state index >= 15 is 0 Å². The Morgan fingerprint density at radius 3 is 3.04 bits per heavy atom. The maximum absolute atomic E-state index is 12.2. The average molecular weight is 333 g/mol. The van der Waals surface area contributed by atoms with Crippen molar-refractivity contribution in [3.63, 3.8) is 0 Å². The number of aromatic amines is 1. The van der Waals surface area contributed by atoms with Gasteiger partial charge in [0.1, 0.15) is 5.52 Å². The molecule has 2 aromatic carbocycles. The molecule has 0 bridgehead atoms. The molecular formula is C20H19N3O2. The molecular weight excluding hydrogens is 314 g/mol. The Labute approximate surface area is 145 Å². The minimum Gasteiger partial charge on any atom is -0.441 e. The van der Waals surface area contributed by atoms with Gasteiger partial charge in [-0.05, 0) is 35.7 Å². The molecule has 4 rings (SSSR count). The fourth-order valence-electron chi connectivity index (χ4n) is 3.10. The van der Waals surface area contributed by atoms with Gasteiger partial charge < -0.3 is 14.7 Å². The number of para-hydroxylation sites is 1. The molecule has 0 unspecified atom stereocenters. The molecule has 5 heteroatoms. The van der Waals surface area contributed by atoms with E-state index in [-0.39, 0.29) is 5.91 Å². The number of fused-ring (bicyclic) bond motifs is 2. The molecule has 2 N–H and O–H groups in total. The molecule has 5 nitrogen and oxygen atoms in total. The van der Waals surface area contributed by atoms with Gasteiger partial charge in [0.2, 0.25) is 5.91 Å². The number of carbonyl (C=O) groups is 1. The lowest BCUT2D eigenvalue weighted by Crippen LogP contribution is -2.27. The predicted molar refractivity (Wildman–Crippen MR) is 97.5 cm³/mol. The van der Waals surface area contributed by atoms with Crippen LogP contribution in [0.4, 0.5) is 0 Å². The average Bonchev–Trinajstić information content (AvgIpc) is 3.17. The number of rotatable bonds is 5. The fraction of sp³-hybridized carbons (Fsp3) is 0.200. The number of oxazole rings is 1. The first-order chi connectivity index (χ1) is 12.2. The number of benzene rings is 2. The topological polar surface area (TPSA) is 70.9 Å². The van der Waals surface area contributed by atoms with Gasteiger partial charge in [0.15, 0.2) is 11.5 Å². The highest BCUT2D eigenvalue weighted by atomic mass is 16.3. The van der Waals surface area contributed by atoms with Gasteiger partial charge in [-0.1, -0.05) is 24.3 Å². The number of amides is 1. The van der Waals surface area contributed by atoms with Crippen molar-refractivity contribution in [1.29, 1.82) is 0 Å². The number of nitrogens with one attached hydrogen (secondary N) is 2. The zero-order valence-corrected chi connectivity index (χ0v) is 14.0. The SMILES string of the molecule is Cc1nc2ccc(CCNC(=O)Cc3c[nH]c4ccccc34)cc2o1. The van der Waals surface area contributed by atoms with E-state index in [0.29, 0.717) is 18.9 Å². The largest absolute Gasteiger partial charge is 0.441 e. The van der Waals surface area contributed by atoms with Gasteiger partial charge in [0, 0.05) is 30.6 Å². The van der Waals surface area contributed by atoms with Crippen molar-refractivity contribution in [2.45, 2.75) is 19.8 Å². The van der Waals surface area contributed by atoms with Crippen LogP contribution < -0.4 is 5.32 Å². The molecule has 0 aliphatic carbocycles. The molecule has 0 fully saturated rings. The maximum Gasteiger partial charge on any atom is 0.224 e. The van der Waals surface area contributed by atoms with E-state index in [1.807, 2.05) is 55.6 Å². The van der Waals surface area contributed by atoms with E-state index in [1.165, 1.54) is 0 Å². The van der Waals surface area contributed by atoms with E-state index in [0.717, 1.165) is 39.6 Å². The van der Waals surface area contributed by atoms with E-state index in [2.05, 4.69) is 15.3 Å². The third-order valence-corrected chi connectivity index (χ3v) is 4.32. The van der Waals surface area contributed by atoms with Gasteiger partial charge in [-0.15, -0.1) is 0 Å². The third kappa shape index (κ3) is 3.26. The molecule has 0 spiro atoms. The number of nitrogens with zero attached hydrogens (tertiary/aromatic N) is 1. The van der Waals surface area contributed by atoms with Crippen LogP contribution in [0, 0.1) is 6.92 Å². The Kier molecular flexibility index (Phi) is 3.98. The molecule has 25 heavy (non-hydrogen) atoms. The molecule has 0 saturated heterocycles. The Bertz CT molecular complexity index is 1050. The second-order valence-electron chi connectivity index (χ2n) is 6.17. The summed E-state index contributed by atoms with van der Waals surface area (Å²) in [7, 11) is 0. The van der Waals surface area contributed by atoms with Crippen LogP contribution in [0.2, 0.25) is 0 Å². The molecule has 2 heterocycles. The number of hydrogen-bond acceptors (Lipinski definition) is 3. The second-order valence-corrected chi connectivity index (χ2v) is 6.17. The van der Waals surface area contributed by atoms with E-state index in [9.17, 15) is 4.79 Å². The highest BCUT2D eigenvalue weighted by molar-refractivity contribution is 5.88. The van der Waals surface area contributed by atoms with Crippen molar-refractivity contribution < 1.29 is 9.21 Å². The zero-order chi connectivity index (χ0) is 17.2. The monoisotopic (exact) mass is 333 g/mol. The minimum absolute atomic E-state index is 0.0290. The quantitative estimate of drug-likeness (QED) is 0.587. The smallest absolute Gasteiger partial charge is 0.224 e. The van der Waals surface area contributed by atoms with Crippen LogP contribution in [0.25, 0.3) is 22.0 Å². The fourth-order valence-corrected chi connectivity index (χ4v) is 3.10. The van der Waals surface area contributed by atoms with Crippen LogP contribution in [0.5, 0.6) is 0 Å². The number of carbonyl (C=O) groups excluding carboxylic acids is 1. The summed E-state index contributed by atoms with van der Waals surface area (Å²) in [5.74, 6) is 0.695. The maximum atomic E-state index is 12.2. The summed E-state index contributed by atoms with van der Waals surface area (Å²) in [6.07, 6.45) is 3.05. The molecule has 0 aliphatic heterocycles. The Morgan fingerprint density at radius 1 is 1.24 bits per heavy atom. The first-order valence-electron chi connectivity index (χ1n) is 8.37. The lowest BCUT2D eigenvalue weighted by molar-refractivity contribution is -0.120. The lowest BCUT2D eigenvalue weighted by Gasteiger charge is -2.05. The molecule has 0 saturated carbocycles. The van der Waals surface area contributed by atoms with Crippen LogP contribution in [0.3, 0.4) is 0 Å². The highest BCUT2D eigenvalue weighted by Gasteiger charge is 2.08. The standard InChI is InChI=1S/C20H19N3O2/c1-13-23-18-7-6-14(10-19(18)25-13)8-9-21-20(24)11-15-12-22-17-5-3-2-4-16(15)17/h2-7,10,12,22H,8-9,11H2,1H3,(H,21,24). The van der Waals surface area contributed by atoms with Crippen molar-refractivity contribution in [2.24, 2.45) is 0 Å². The molecule has 126 valence electrons. The first kappa shape index (κ1) is 15.4. The van der Waals surface area contributed by atoms with Crippen molar-refractivity contribution in [3.8, 4) is 0 Å². The van der Waals surface area contributed by atoms with Gasteiger partial charge in [0.05, 0.1) is 6.42 Å². The molecule has 0 aliphatic rings. The summed E-state index contributed by atoms with van der Waals surface area (Å²) in [5.41, 5.74) is 4.85. The highest BCUT2D eigenvalue weighted by Crippen LogP contribution is 2.18. The van der Waals surface area contributed by atoms with Crippen LogP contribution in [0.1, 0.15) is 17.0 Å². The molecule has 4 aromatic rings. The second kappa shape index (κ2) is 6.43. The zero-order valence-electron chi connectivity index (χ0n) is 14.0. The van der Waals surface area contributed by atoms with E-state index < -0.39 is 0 Å². The first-order valence-corrected chi connectivity index (χ1v) is 8.37. The van der Waals surface area contributed by atoms with Gasteiger partial charge in [-0.25, -0.2) is 4.98 Å². The summed E-state index contributed by atoms with van der Waals surface area (Å²) in [5, 5.41) is 4.09. The molecule has 1 amide bonds. The van der Waals surface area contributed by atoms with Crippen LogP contribution >= 0.6 is 0 Å². The summed E-state index contributed by atoms with van der Waals surface area (Å²) in [4.78, 5) is 19.7. The van der Waals surface area contributed by atoms with Gasteiger partial charge >= 0.3 is 0 Å². The van der Waals surface area contributed by atoms with Crippen LogP contribution in [-0.2, 0) is 17.6 Å². The van der Waals surface area contributed by atoms with Gasteiger partial charge in [0.25, 0.3) is 0 Å². The number of aromatic nitrogens is 2. The third-order valence-electron chi connectivity index (χ3n) is 4.32. The van der Waals surface area contributed by atoms with Crippen LogP contribution in [-0.4, -0.2) is 22.4 Å². The normalized spacial score (nSPS) is 11.2. The van der Waals surface area contributed by atoms with Gasteiger partial charge in [-0.2, -0.15) is 0 Å². The Hall–Kier alpha value is -3.08. The molecule has 2 aromatic heterocycles. The minimum atomic E-state index is 0.0290. The van der Waals surface area contributed by atoms with Crippen molar-refractivity contribution in [2.75, 3.05) is 6.54 Å². The number of hydrogen-bond donors (Lipinski definition) is 2. The van der Waals surface area contributed by atoms with Crippen molar-refractivity contribution in [3.05, 3.63) is 65.7 Å². The summed E-state index contributed by atoms with van der Waals surface area (Å²) < 4.78 is 5.55. The molecule has 0 radical (unpaired) electrons. The van der Waals surface area contributed by atoms with Gasteiger partial charge in [-0.3, -0.25) is 4.79 Å². The summed E-state index contributed by atoms with van der Waals surface area (Å²) in [6, 6.07) is 14.0. The van der Waals surface area contributed by atoms with Crippen molar-refractivity contribution >= 4 is 27.9 Å². The molecule has 0 atom stereocenters.